The zero-order valence-electron chi connectivity index (χ0n) is 15.3. The van der Waals surface area contributed by atoms with Gasteiger partial charge in [0.25, 0.3) is 0 Å². The maximum Gasteiger partial charge on any atom is 0.178 e. The molecule has 0 bridgehead atoms. The Kier molecular flexibility index (Phi) is 3.85. The van der Waals surface area contributed by atoms with Gasteiger partial charge in [-0.3, -0.25) is 0 Å². The first-order valence-corrected chi connectivity index (χ1v) is 9.29. The lowest BCUT2D eigenvalue weighted by Crippen LogP contribution is -2.32. The second kappa shape index (κ2) is 6.50. The van der Waals surface area contributed by atoms with E-state index in [-0.39, 0.29) is 0 Å². The molecule has 7 nitrogen and oxygen atoms in total. The summed E-state index contributed by atoms with van der Waals surface area (Å²) in [5, 5.41) is 12.9. The van der Waals surface area contributed by atoms with Gasteiger partial charge in [-0.2, -0.15) is 4.52 Å². The fourth-order valence-electron chi connectivity index (χ4n) is 3.71. The molecule has 0 aliphatic carbocycles. The van der Waals surface area contributed by atoms with Gasteiger partial charge in [0.2, 0.25) is 0 Å². The minimum absolute atomic E-state index is 0.777. The van der Waals surface area contributed by atoms with E-state index in [9.17, 15) is 0 Å². The molecule has 136 valence electrons. The molecule has 0 saturated heterocycles. The molecule has 0 atom stereocenters. The van der Waals surface area contributed by atoms with Crippen molar-refractivity contribution in [3.05, 3.63) is 71.6 Å². The summed E-state index contributed by atoms with van der Waals surface area (Å²) in [4.78, 5) is 6.95. The van der Waals surface area contributed by atoms with E-state index >= 15 is 0 Å². The van der Waals surface area contributed by atoms with Crippen molar-refractivity contribution in [1.29, 1.82) is 0 Å². The van der Waals surface area contributed by atoms with Gasteiger partial charge in [-0.1, -0.05) is 30.3 Å². The Morgan fingerprint density at radius 2 is 1.93 bits per heavy atom. The zero-order chi connectivity index (χ0) is 18.2. The van der Waals surface area contributed by atoms with Crippen molar-refractivity contribution in [2.45, 2.75) is 32.9 Å². The molecule has 0 N–H and O–H groups in total. The standard InChI is InChI=1S/C20H21N7/c1-15-22-23-19-7-8-20(24-27(15)19)25-12-10-18-17(13-25)21-14-26(18)11-9-16-5-3-2-4-6-16/h2-8,14H,9-13H2,1H3. The van der Waals surface area contributed by atoms with Crippen molar-refractivity contribution in [3.63, 3.8) is 0 Å². The lowest BCUT2D eigenvalue weighted by molar-refractivity contribution is 0.619. The van der Waals surface area contributed by atoms with Crippen LogP contribution in [0.5, 0.6) is 0 Å². The summed E-state index contributed by atoms with van der Waals surface area (Å²) in [6.07, 6.45) is 3.99. The van der Waals surface area contributed by atoms with Crippen LogP contribution in [0, 0.1) is 6.92 Å². The molecule has 1 aliphatic heterocycles. The first-order valence-electron chi connectivity index (χ1n) is 9.29. The molecular formula is C20H21N7. The van der Waals surface area contributed by atoms with E-state index in [2.05, 4.69) is 55.0 Å². The normalized spacial score (nSPS) is 13.9. The minimum atomic E-state index is 0.777. The Labute approximate surface area is 157 Å². The number of benzene rings is 1. The van der Waals surface area contributed by atoms with Gasteiger partial charge in [0.1, 0.15) is 5.82 Å². The molecule has 0 unspecified atom stereocenters. The molecule has 4 aromatic rings. The number of aryl methyl sites for hydroxylation is 3. The van der Waals surface area contributed by atoms with Crippen LogP contribution >= 0.6 is 0 Å². The number of rotatable bonds is 4. The molecule has 0 fully saturated rings. The highest BCUT2D eigenvalue weighted by Gasteiger charge is 2.22. The lowest BCUT2D eigenvalue weighted by atomic mass is 10.1. The summed E-state index contributed by atoms with van der Waals surface area (Å²) in [6.45, 7) is 4.60. The average molecular weight is 359 g/mol. The number of hydrogen-bond donors (Lipinski definition) is 0. The molecule has 1 aromatic carbocycles. The van der Waals surface area contributed by atoms with Crippen molar-refractivity contribution < 1.29 is 0 Å². The van der Waals surface area contributed by atoms with Crippen LogP contribution in [0.15, 0.2) is 48.8 Å². The highest BCUT2D eigenvalue weighted by Crippen LogP contribution is 2.23. The third kappa shape index (κ3) is 2.95. The van der Waals surface area contributed by atoms with E-state index in [1.807, 2.05) is 25.4 Å². The van der Waals surface area contributed by atoms with Gasteiger partial charge < -0.3 is 9.47 Å². The van der Waals surface area contributed by atoms with E-state index in [0.717, 1.165) is 55.5 Å². The maximum absolute atomic E-state index is 4.70. The summed E-state index contributed by atoms with van der Waals surface area (Å²) >= 11 is 0. The average Bonchev–Trinajstić information content (AvgIpc) is 3.30. The van der Waals surface area contributed by atoms with Crippen LogP contribution in [0.4, 0.5) is 5.82 Å². The van der Waals surface area contributed by atoms with Crippen molar-refractivity contribution in [1.82, 2.24) is 29.4 Å². The third-order valence-corrected chi connectivity index (χ3v) is 5.20. The second-order valence-corrected chi connectivity index (χ2v) is 6.95. The summed E-state index contributed by atoms with van der Waals surface area (Å²) < 4.78 is 4.10. The van der Waals surface area contributed by atoms with Gasteiger partial charge in [0, 0.05) is 25.2 Å². The predicted octanol–water partition coefficient (Wildman–Crippen LogP) is 2.43. The maximum atomic E-state index is 4.70. The number of hydrogen-bond acceptors (Lipinski definition) is 5. The fourth-order valence-corrected chi connectivity index (χ4v) is 3.71. The smallest absolute Gasteiger partial charge is 0.178 e. The van der Waals surface area contributed by atoms with E-state index < -0.39 is 0 Å². The van der Waals surface area contributed by atoms with Gasteiger partial charge in [-0.25, -0.2) is 4.98 Å². The Balaban J connectivity index is 1.34. The number of anilines is 1. The van der Waals surface area contributed by atoms with Crippen LogP contribution in [0.1, 0.15) is 22.8 Å². The molecule has 27 heavy (non-hydrogen) atoms. The first-order chi connectivity index (χ1) is 13.3. The quantitative estimate of drug-likeness (QED) is 0.560. The monoisotopic (exact) mass is 359 g/mol. The van der Waals surface area contributed by atoms with E-state index in [4.69, 9.17) is 5.10 Å². The van der Waals surface area contributed by atoms with Gasteiger partial charge in [0.05, 0.1) is 18.6 Å². The Hall–Kier alpha value is -3.22. The van der Waals surface area contributed by atoms with Gasteiger partial charge >= 0.3 is 0 Å². The fraction of sp³-hybridized carbons (Fsp3) is 0.300. The van der Waals surface area contributed by atoms with E-state index in [1.165, 1.54) is 11.3 Å². The molecule has 3 aromatic heterocycles. The molecule has 0 amide bonds. The Bertz CT molecular complexity index is 1080. The number of imidazole rings is 1. The summed E-state index contributed by atoms with van der Waals surface area (Å²) in [5.74, 6) is 1.74. The van der Waals surface area contributed by atoms with Crippen molar-refractivity contribution >= 4 is 11.5 Å². The zero-order valence-corrected chi connectivity index (χ0v) is 15.3. The number of aromatic nitrogens is 6. The van der Waals surface area contributed by atoms with Crippen LogP contribution in [0.3, 0.4) is 0 Å². The highest BCUT2D eigenvalue weighted by atomic mass is 15.4. The lowest BCUT2D eigenvalue weighted by Gasteiger charge is -2.28. The summed E-state index contributed by atoms with van der Waals surface area (Å²) in [7, 11) is 0. The van der Waals surface area contributed by atoms with E-state index in [0.29, 0.717) is 0 Å². The highest BCUT2D eigenvalue weighted by molar-refractivity contribution is 5.47. The largest absolute Gasteiger partial charge is 0.349 e. The molecule has 0 saturated carbocycles. The molecule has 5 rings (SSSR count). The number of fused-ring (bicyclic) bond motifs is 2. The molecule has 4 heterocycles. The van der Waals surface area contributed by atoms with Gasteiger partial charge in [-0.05, 0) is 31.0 Å². The summed E-state index contributed by atoms with van der Waals surface area (Å²) in [5.41, 5.74) is 4.64. The minimum Gasteiger partial charge on any atom is -0.349 e. The molecule has 1 aliphatic rings. The van der Waals surface area contributed by atoms with Crippen LogP contribution in [-0.2, 0) is 25.9 Å². The van der Waals surface area contributed by atoms with Crippen LogP contribution in [-0.4, -0.2) is 35.9 Å². The third-order valence-electron chi connectivity index (χ3n) is 5.20. The van der Waals surface area contributed by atoms with Crippen molar-refractivity contribution in [3.8, 4) is 0 Å². The molecular weight excluding hydrogens is 338 g/mol. The molecule has 7 heteroatoms. The predicted molar refractivity (Wildman–Crippen MR) is 103 cm³/mol. The van der Waals surface area contributed by atoms with E-state index in [1.54, 1.807) is 4.52 Å². The van der Waals surface area contributed by atoms with Crippen LogP contribution in [0.25, 0.3) is 5.65 Å². The summed E-state index contributed by atoms with van der Waals surface area (Å²) in [6, 6.07) is 14.6. The Morgan fingerprint density at radius 1 is 1.04 bits per heavy atom. The van der Waals surface area contributed by atoms with Crippen molar-refractivity contribution in [2.75, 3.05) is 11.4 Å². The van der Waals surface area contributed by atoms with Gasteiger partial charge in [-0.15, -0.1) is 15.3 Å². The van der Waals surface area contributed by atoms with Crippen LogP contribution in [0.2, 0.25) is 0 Å². The molecule has 0 spiro atoms. The second-order valence-electron chi connectivity index (χ2n) is 6.95. The topological polar surface area (TPSA) is 64.1 Å². The van der Waals surface area contributed by atoms with Crippen molar-refractivity contribution in [2.24, 2.45) is 0 Å². The van der Waals surface area contributed by atoms with Gasteiger partial charge in [0.15, 0.2) is 11.5 Å². The van der Waals surface area contributed by atoms with Crippen LogP contribution < -0.4 is 4.90 Å². The Morgan fingerprint density at radius 3 is 2.81 bits per heavy atom. The molecule has 0 radical (unpaired) electrons. The SMILES string of the molecule is Cc1nnc2ccc(N3CCc4c(ncn4CCc4ccccc4)C3)nn12. The number of nitrogens with zero attached hydrogens (tertiary/aromatic N) is 7. The first kappa shape index (κ1) is 16.0.